The van der Waals surface area contributed by atoms with Crippen LogP contribution in [0.1, 0.15) is 25.0 Å². The van der Waals surface area contributed by atoms with Crippen LogP contribution in [0.4, 0.5) is 0 Å². The van der Waals surface area contributed by atoms with E-state index in [1.165, 1.54) is 0 Å². The fourth-order valence-corrected chi connectivity index (χ4v) is 3.15. The number of hydrogen-bond donors (Lipinski definition) is 0. The van der Waals surface area contributed by atoms with Crippen molar-refractivity contribution in [3.63, 3.8) is 0 Å². The van der Waals surface area contributed by atoms with E-state index in [1.807, 2.05) is 50.2 Å². The number of benzene rings is 2. The lowest BCUT2D eigenvalue weighted by Crippen LogP contribution is -2.29. The molecule has 0 atom stereocenters. The number of ether oxygens (including phenoxy) is 4. The van der Waals surface area contributed by atoms with Crippen LogP contribution in [0.2, 0.25) is 0 Å². The summed E-state index contributed by atoms with van der Waals surface area (Å²) in [6, 6.07) is 11.4. The van der Waals surface area contributed by atoms with E-state index >= 15 is 0 Å². The number of likely N-dealkylation sites (N-methyl/N-ethyl adjacent to an activating group) is 1. The number of hydrogen-bond acceptors (Lipinski definition) is 5. The van der Waals surface area contributed by atoms with Gasteiger partial charge in [0.25, 0.3) is 0 Å². The molecule has 2 aromatic rings. The zero-order chi connectivity index (χ0) is 20.6. The lowest BCUT2D eigenvalue weighted by atomic mass is 10.1. The average Bonchev–Trinajstić information content (AvgIpc) is 2.76. The largest absolute Gasteiger partial charge is 0.493 e. The molecule has 0 bridgehead atoms. The zero-order valence-electron chi connectivity index (χ0n) is 17.1. The van der Waals surface area contributed by atoms with Crippen molar-refractivity contribution in [3.05, 3.63) is 53.6 Å². The summed E-state index contributed by atoms with van der Waals surface area (Å²) in [7, 11) is 1.60. The van der Waals surface area contributed by atoms with E-state index in [0.29, 0.717) is 44.4 Å². The first-order chi connectivity index (χ1) is 14.2. The van der Waals surface area contributed by atoms with Crippen LogP contribution < -0.4 is 18.9 Å². The molecular formula is C23H27NO5. The third-order valence-corrected chi connectivity index (χ3v) is 4.61. The molecule has 6 heteroatoms. The van der Waals surface area contributed by atoms with Gasteiger partial charge in [-0.15, -0.1) is 0 Å². The van der Waals surface area contributed by atoms with Crippen LogP contribution in [0, 0.1) is 0 Å². The normalized spacial score (nSPS) is 12.7. The molecule has 6 nitrogen and oxygen atoms in total. The van der Waals surface area contributed by atoms with E-state index < -0.39 is 0 Å². The average molecular weight is 397 g/mol. The number of carbonyl (C=O) groups is 1. The van der Waals surface area contributed by atoms with Gasteiger partial charge in [-0.1, -0.05) is 18.2 Å². The van der Waals surface area contributed by atoms with Gasteiger partial charge >= 0.3 is 0 Å². The minimum atomic E-state index is -0.0735. The minimum absolute atomic E-state index is 0.0735. The first-order valence-corrected chi connectivity index (χ1v) is 9.81. The molecule has 1 aliphatic rings. The van der Waals surface area contributed by atoms with Gasteiger partial charge in [-0.25, -0.2) is 0 Å². The van der Waals surface area contributed by atoms with Crippen molar-refractivity contribution >= 4 is 12.0 Å². The quantitative estimate of drug-likeness (QED) is 0.632. The molecule has 0 unspecified atom stereocenters. The van der Waals surface area contributed by atoms with Crippen LogP contribution in [0.3, 0.4) is 0 Å². The van der Waals surface area contributed by atoms with Crippen molar-refractivity contribution < 1.29 is 23.7 Å². The Morgan fingerprint density at radius 3 is 2.72 bits per heavy atom. The zero-order valence-corrected chi connectivity index (χ0v) is 17.1. The first kappa shape index (κ1) is 20.6. The maximum atomic E-state index is 12.8. The third-order valence-electron chi connectivity index (χ3n) is 4.61. The van der Waals surface area contributed by atoms with Crippen LogP contribution in [-0.4, -0.2) is 44.3 Å². The molecule has 0 N–H and O–H groups in total. The van der Waals surface area contributed by atoms with Crippen molar-refractivity contribution in [1.82, 2.24) is 4.90 Å². The minimum Gasteiger partial charge on any atom is -0.493 e. The predicted molar refractivity (Wildman–Crippen MR) is 112 cm³/mol. The van der Waals surface area contributed by atoms with E-state index in [4.69, 9.17) is 18.9 Å². The highest BCUT2D eigenvalue weighted by molar-refractivity contribution is 5.91. The van der Waals surface area contributed by atoms with Gasteiger partial charge in [0.1, 0.15) is 13.2 Å². The molecule has 0 saturated carbocycles. The summed E-state index contributed by atoms with van der Waals surface area (Å²) >= 11 is 0. The number of carbonyl (C=O) groups excluding carboxylic acids is 1. The summed E-state index contributed by atoms with van der Waals surface area (Å²) < 4.78 is 22.3. The summed E-state index contributed by atoms with van der Waals surface area (Å²) in [5, 5.41) is 0. The molecule has 29 heavy (non-hydrogen) atoms. The van der Waals surface area contributed by atoms with E-state index in [0.717, 1.165) is 22.6 Å². The van der Waals surface area contributed by atoms with E-state index in [1.54, 1.807) is 24.2 Å². The van der Waals surface area contributed by atoms with Gasteiger partial charge in [0.05, 0.1) is 13.7 Å². The van der Waals surface area contributed by atoms with Gasteiger partial charge < -0.3 is 23.8 Å². The lowest BCUT2D eigenvalue weighted by molar-refractivity contribution is -0.126. The number of para-hydroxylation sites is 1. The van der Waals surface area contributed by atoms with Crippen molar-refractivity contribution in [2.24, 2.45) is 0 Å². The molecule has 2 aromatic carbocycles. The summed E-state index contributed by atoms with van der Waals surface area (Å²) in [6.07, 6.45) is 3.36. The van der Waals surface area contributed by atoms with Gasteiger partial charge in [0.2, 0.25) is 5.91 Å². The van der Waals surface area contributed by atoms with Gasteiger partial charge in [-0.3, -0.25) is 4.79 Å². The number of methoxy groups -OCH3 is 1. The Balaban J connectivity index is 1.73. The Morgan fingerprint density at radius 2 is 1.97 bits per heavy atom. The molecule has 0 saturated heterocycles. The Morgan fingerprint density at radius 1 is 1.14 bits per heavy atom. The number of fused-ring (bicyclic) bond motifs is 1. The van der Waals surface area contributed by atoms with Crippen LogP contribution in [0.15, 0.2) is 42.5 Å². The molecule has 0 fully saturated rings. The molecule has 3 rings (SSSR count). The maximum Gasteiger partial charge on any atom is 0.246 e. The predicted octanol–water partition coefficient (Wildman–Crippen LogP) is 3.93. The Labute approximate surface area is 171 Å². The lowest BCUT2D eigenvalue weighted by Gasteiger charge is -2.24. The van der Waals surface area contributed by atoms with Crippen molar-refractivity contribution in [3.8, 4) is 23.0 Å². The van der Waals surface area contributed by atoms with Gasteiger partial charge in [-0.2, -0.15) is 0 Å². The second-order valence-electron chi connectivity index (χ2n) is 6.47. The number of amides is 1. The molecule has 0 radical (unpaired) electrons. The molecule has 0 spiro atoms. The first-order valence-electron chi connectivity index (χ1n) is 9.81. The van der Waals surface area contributed by atoms with Gasteiger partial charge in [0.15, 0.2) is 23.0 Å². The second kappa shape index (κ2) is 9.87. The Hall–Kier alpha value is -3.15. The Bertz CT molecular complexity index is 878. The van der Waals surface area contributed by atoms with Gasteiger partial charge in [0, 0.05) is 24.7 Å². The summed E-state index contributed by atoms with van der Waals surface area (Å²) in [6.45, 7) is 6.52. The molecule has 1 amide bonds. The smallest absolute Gasteiger partial charge is 0.246 e. The molecule has 0 aromatic heterocycles. The highest BCUT2D eigenvalue weighted by Gasteiger charge is 2.18. The van der Waals surface area contributed by atoms with Crippen molar-refractivity contribution in [2.75, 3.05) is 33.5 Å². The SMILES string of the molecule is CCOc1cc(/C=C/C(=O)N(CC)Cc2cccc3c2OCCO3)ccc1OC. The highest BCUT2D eigenvalue weighted by Crippen LogP contribution is 2.34. The Kier molecular flexibility index (Phi) is 7.00. The highest BCUT2D eigenvalue weighted by atomic mass is 16.6. The van der Waals surface area contributed by atoms with Gasteiger partial charge in [-0.05, 0) is 43.7 Å². The molecule has 154 valence electrons. The standard InChI is InChI=1S/C23H27NO5/c1-4-24(16-18-7-6-8-20-23(18)29-14-13-28-20)22(25)12-10-17-9-11-19(26-3)21(15-17)27-5-2/h6-12,15H,4-5,13-14,16H2,1-3H3/b12-10+. The van der Waals surface area contributed by atoms with Crippen molar-refractivity contribution in [1.29, 1.82) is 0 Å². The summed E-state index contributed by atoms with van der Waals surface area (Å²) in [4.78, 5) is 14.5. The summed E-state index contributed by atoms with van der Waals surface area (Å²) in [5.41, 5.74) is 1.81. The third kappa shape index (κ3) is 5.02. The number of nitrogens with zero attached hydrogens (tertiary/aromatic N) is 1. The van der Waals surface area contributed by atoms with E-state index in [-0.39, 0.29) is 5.91 Å². The monoisotopic (exact) mass is 397 g/mol. The number of rotatable bonds is 8. The fraction of sp³-hybridized carbons (Fsp3) is 0.348. The van der Waals surface area contributed by atoms with E-state index in [9.17, 15) is 4.79 Å². The summed E-state index contributed by atoms with van der Waals surface area (Å²) in [5.74, 6) is 2.71. The van der Waals surface area contributed by atoms with E-state index in [2.05, 4.69) is 0 Å². The second-order valence-corrected chi connectivity index (χ2v) is 6.47. The topological polar surface area (TPSA) is 57.2 Å². The van der Waals surface area contributed by atoms with Crippen LogP contribution in [0.5, 0.6) is 23.0 Å². The van der Waals surface area contributed by atoms with Crippen LogP contribution in [-0.2, 0) is 11.3 Å². The molecule has 1 aliphatic heterocycles. The molecule has 0 aliphatic carbocycles. The van der Waals surface area contributed by atoms with Crippen LogP contribution in [0.25, 0.3) is 6.08 Å². The molecule has 1 heterocycles. The van der Waals surface area contributed by atoms with Crippen molar-refractivity contribution in [2.45, 2.75) is 20.4 Å². The maximum absolute atomic E-state index is 12.8. The fourth-order valence-electron chi connectivity index (χ4n) is 3.15. The molecular weight excluding hydrogens is 370 g/mol. The van der Waals surface area contributed by atoms with Crippen LogP contribution >= 0.6 is 0 Å².